The number of fused-ring (bicyclic) bond motifs is 1. The van der Waals surface area contributed by atoms with Gasteiger partial charge in [-0.15, -0.1) is 0 Å². The Kier molecular flexibility index (Phi) is 6.13. The highest BCUT2D eigenvalue weighted by Gasteiger charge is 2.11. The van der Waals surface area contributed by atoms with Gasteiger partial charge < -0.3 is 15.4 Å². The van der Waals surface area contributed by atoms with Gasteiger partial charge in [-0.05, 0) is 37.6 Å². The van der Waals surface area contributed by atoms with Crippen molar-refractivity contribution in [1.29, 1.82) is 0 Å². The molecule has 0 fully saturated rings. The Morgan fingerprint density at radius 1 is 0.968 bits per heavy atom. The zero-order valence-electron chi connectivity index (χ0n) is 17.7. The summed E-state index contributed by atoms with van der Waals surface area (Å²) >= 11 is 0. The fourth-order valence-corrected chi connectivity index (χ4v) is 3.37. The Balaban J connectivity index is 1.57. The first kappa shape index (κ1) is 20.4. The van der Waals surface area contributed by atoms with Gasteiger partial charge in [-0.3, -0.25) is 0 Å². The maximum atomic E-state index is 12.3. The van der Waals surface area contributed by atoms with Crippen molar-refractivity contribution in [2.24, 2.45) is 0 Å². The van der Waals surface area contributed by atoms with Crippen molar-refractivity contribution in [1.82, 2.24) is 10.3 Å². The average Bonchev–Trinajstić information content (AvgIpc) is 2.79. The molecular weight excluding hydrogens is 386 g/mol. The topological polar surface area (TPSA) is 63.2 Å². The van der Waals surface area contributed by atoms with Crippen molar-refractivity contribution >= 4 is 22.6 Å². The molecule has 0 radical (unpaired) electrons. The van der Waals surface area contributed by atoms with E-state index in [1.54, 1.807) is 0 Å². The van der Waals surface area contributed by atoms with Crippen LogP contribution in [0.15, 0.2) is 78.9 Å². The number of rotatable bonds is 6. The highest BCUT2D eigenvalue weighted by molar-refractivity contribution is 5.95. The number of hydrogen-bond acceptors (Lipinski definition) is 3. The summed E-state index contributed by atoms with van der Waals surface area (Å²) in [4.78, 5) is 17.1. The van der Waals surface area contributed by atoms with Crippen molar-refractivity contribution in [3.05, 3.63) is 90.0 Å². The summed E-state index contributed by atoms with van der Waals surface area (Å²) in [5.74, 6) is 0.747. The van der Waals surface area contributed by atoms with E-state index >= 15 is 0 Å². The number of nitrogens with zero attached hydrogens (tertiary/aromatic N) is 1. The molecule has 5 heteroatoms. The highest BCUT2D eigenvalue weighted by atomic mass is 16.5. The molecule has 0 aliphatic rings. The first-order valence-corrected chi connectivity index (χ1v) is 10.4. The molecule has 0 atom stereocenters. The minimum atomic E-state index is -0.259. The number of benzene rings is 3. The van der Waals surface area contributed by atoms with Crippen LogP contribution in [0.2, 0.25) is 0 Å². The van der Waals surface area contributed by atoms with Crippen LogP contribution >= 0.6 is 0 Å². The summed E-state index contributed by atoms with van der Waals surface area (Å²) in [6, 6.07) is 25.4. The number of ether oxygens (including phenoxy) is 1. The number of amides is 2. The molecule has 0 spiro atoms. The second-order valence-electron chi connectivity index (χ2n) is 7.33. The fourth-order valence-electron chi connectivity index (χ4n) is 3.37. The predicted molar refractivity (Wildman–Crippen MR) is 125 cm³/mol. The number of carbonyl (C=O) groups is 1. The normalized spacial score (nSPS) is 10.6. The van der Waals surface area contributed by atoms with Gasteiger partial charge in [0.15, 0.2) is 0 Å². The van der Waals surface area contributed by atoms with E-state index in [0.717, 1.165) is 33.5 Å². The number of urea groups is 1. The smallest absolute Gasteiger partial charge is 0.319 e. The number of carbonyl (C=O) groups excluding carboxylic acids is 1. The zero-order valence-corrected chi connectivity index (χ0v) is 17.7. The quantitative estimate of drug-likeness (QED) is 0.413. The number of hydrogen-bond donors (Lipinski definition) is 2. The van der Waals surface area contributed by atoms with Gasteiger partial charge in [0.05, 0.1) is 17.8 Å². The standard InChI is InChI=1S/C26H25N3O2/c1-3-31-25-16-24(20-11-9-18(2)10-12-20)29-23-14-13-21(15-22(23)25)28-26(30)27-17-19-7-5-4-6-8-19/h4-16H,3,17H2,1-2H3,(H2,27,28,30). The Hall–Kier alpha value is -3.86. The first-order chi connectivity index (χ1) is 15.1. The molecule has 4 rings (SSSR count). The number of anilines is 1. The van der Waals surface area contributed by atoms with Gasteiger partial charge in [-0.1, -0.05) is 60.2 Å². The molecule has 1 heterocycles. The summed E-state index contributed by atoms with van der Waals surface area (Å²) in [7, 11) is 0. The minimum absolute atomic E-state index is 0.259. The van der Waals surface area contributed by atoms with Crippen molar-refractivity contribution < 1.29 is 9.53 Å². The zero-order chi connectivity index (χ0) is 21.6. The van der Waals surface area contributed by atoms with Gasteiger partial charge in [0, 0.05) is 29.2 Å². The van der Waals surface area contributed by atoms with Gasteiger partial charge in [-0.25, -0.2) is 9.78 Å². The lowest BCUT2D eigenvalue weighted by Crippen LogP contribution is -2.28. The largest absolute Gasteiger partial charge is 0.493 e. The SMILES string of the molecule is CCOc1cc(-c2ccc(C)cc2)nc2ccc(NC(=O)NCc3ccccc3)cc12. The molecule has 156 valence electrons. The molecule has 2 N–H and O–H groups in total. The molecule has 0 unspecified atom stereocenters. The van der Waals surface area contributed by atoms with Crippen molar-refractivity contribution in [3.63, 3.8) is 0 Å². The third kappa shape index (κ3) is 5.01. The van der Waals surface area contributed by atoms with E-state index in [-0.39, 0.29) is 6.03 Å². The van der Waals surface area contributed by atoms with Crippen LogP contribution in [-0.2, 0) is 6.54 Å². The predicted octanol–water partition coefficient (Wildman–Crippen LogP) is 5.93. The molecule has 31 heavy (non-hydrogen) atoms. The number of nitrogens with one attached hydrogen (secondary N) is 2. The summed E-state index contributed by atoms with van der Waals surface area (Å²) in [6.45, 7) is 5.03. The number of aryl methyl sites for hydroxylation is 1. The van der Waals surface area contributed by atoms with E-state index in [9.17, 15) is 4.79 Å². The molecule has 4 aromatic rings. The van der Waals surface area contributed by atoms with Gasteiger partial charge in [0.1, 0.15) is 5.75 Å². The molecule has 0 aliphatic heterocycles. The molecule has 0 bridgehead atoms. The second kappa shape index (κ2) is 9.30. The van der Waals surface area contributed by atoms with Crippen LogP contribution in [0.4, 0.5) is 10.5 Å². The minimum Gasteiger partial charge on any atom is -0.493 e. The lowest BCUT2D eigenvalue weighted by atomic mass is 10.1. The van der Waals surface area contributed by atoms with Gasteiger partial charge >= 0.3 is 6.03 Å². The maximum absolute atomic E-state index is 12.3. The van der Waals surface area contributed by atoms with Crippen LogP contribution in [0.5, 0.6) is 5.75 Å². The summed E-state index contributed by atoms with van der Waals surface area (Å²) < 4.78 is 5.90. The fraction of sp³-hybridized carbons (Fsp3) is 0.154. The molecule has 5 nitrogen and oxygen atoms in total. The van der Waals surface area contributed by atoms with E-state index in [2.05, 4.69) is 41.8 Å². The summed E-state index contributed by atoms with van der Waals surface area (Å²) in [5, 5.41) is 6.63. The monoisotopic (exact) mass is 411 g/mol. The van der Waals surface area contributed by atoms with Crippen LogP contribution in [0.1, 0.15) is 18.1 Å². The third-order valence-corrected chi connectivity index (χ3v) is 4.97. The number of aromatic nitrogens is 1. The first-order valence-electron chi connectivity index (χ1n) is 10.4. The lowest BCUT2D eigenvalue weighted by molar-refractivity contribution is 0.251. The van der Waals surface area contributed by atoms with Crippen molar-refractivity contribution in [2.45, 2.75) is 20.4 Å². The molecule has 2 amide bonds. The van der Waals surface area contributed by atoms with E-state index < -0.39 is 0 Å². The molecule has 0 saturated carbocycles. The van der Waals surface area contributed by atoms with Gasteiger partial charge in [0.25, 0.3) is 0 Å². The van der Waals surface area contributed by atoms with E-state index in [4.69, 9.17) is 9.72 Å². The molecule has 3 aromatic carbocycles. The Morgan fingerprint density at radius 3 is 2.48 bits per heavy atom. The van der Waals surface area contributed by atoms with Crippen molar-refractivity contribution in [3.8, 4) is 17.0 Å². The Morgan fingerprint density at radius 2 is 1.74 bits per heavy atom. The molecule has 1 aromatic heterocycles. The number of pyridine rings is 1. The Labute approximate surface area is 182 Å². The maximum Gasteiger partial charge on any atom is 0.319 e. The van der Waals surface area contributed by atoms with Crippen LogP contribution in [0.25, 0.3) is 22.2 Å². The van der Waals surface area contributed by atoms with Gasteiger partial charge in [0.2, 0.25) is 0 Å². The molecule has 0 saturated heterocycles. The second-order valence-corrected chi connectivity index (χ2v) is 7.33. The van der Waals surface area contributed by atoms with Crippen LogP contribution in [0.3, 0.4) is 0 Å². The summed E-state index contributed by atoms with van der Waals surface area (Å²) in [5.41, 5.74) is 5.65. The van der Waals surface area contributed by atoms with E-state index in [0.29, 0.717) is 18.8 Å². The van der Waals surface area contributed by atoms with Gasteiger partial charge in [-0.2, -0.15) is 0 Å². The molecule has 0 aliphatic carbocycles. The Bertz CT molecular complexity index is 1190. The highest BCUT2D eigenvalue weighted by Crippen LogP contribution is 2.32. The lowest BCUT2D eigenvalue weighted by Gasteiger charge is -2.13. The van der Waals surface area contributed by atoms with E-state index in [1.807, 2.05) is 61.5 Å². The van der Waals surface area contributed by atoms with Crippen LogP contribution in [0, 0.1) is 6.92 Å². The van der Waals surface area contributed by atoms with Crippen LogP contribution < -0.4 is 15.4 Å². The summed E-state index contributed by atoms with van der Waals surface area (Å²) in [6.07, 6.45) is 0. The third-order valence-electron chi connectivity index (χ3n) is 4.97. The molecular formula is C26H25N3O2. The van der Waals surface area contributed by atoms with E-state index in [1.165, 1.54) is 5.56 Å². The van der Waals surface area contributed by atoms with Crippen molar-refractivity contribution in [2.75, 3.05) is 11.9 Å². The van der Waals surface area contributed by atoms with Crippen LogP contribution in [-0.4, -0.2) is 17.6 Å². The average molecular weight is 412 g/mol.